The molecule has 0 saturated carbocycles. The average Bonchev–Trinajstić information content (AvgIpc) is 2.62. The molecule has 2 bridgehead atoms. The molecule has 19 heavy (non-hydrogen) atoms. The minimum Gasteiger partial charge on any atom is -0.393 e. The van der Waals surface area contributed by atoms with Gasteiger partial charge in [-0.2, -0.15) is 0 Å². The average molecular weight is 282 g/mol. The molecule has 0 amide bonds. The lowest BCUT2D eigenvalue weighted by Gasteiger charge is -2.39. The molecule has 2 aliphatic rings. The van der Waals surface area contributed by atoms with Crippen LogP contribution in [-0.2, 0) is 0 Å². The molecule has 3 atom stereocenters. The summed E-state index contributed by atoms with van der Waals surface area (Å²) in [6.45, 7) is 1.74. The molecule has 0 aromatic heterocycles. The zero-order chi connectivity index (χ0) is 13.6. The van der Waals surface area contributed by atoms with Crippen molar-refractivity contribution < 1.29 is 10.2 Å². The molecule has 2 heterocycles. The van der Waals surface area contributed by atoms with Crippen LogP contribution in [0, 0.1) is 0 Å². The summed E-state index contributed by atoms with van der Waals surface area (Å²) < 4.78 is 0. The van der Waals surface area contributed by atoms with Gasteiger partial charge in [-0.25, -0.2) is 0 Å². The molecule has 1 aromatic rings. The van der Waals surface area contributed by atoms with Gasteiger partial charge >= 0.3 is 0 Å². The minimum absolute atomic E-state index is 0.163. The van der Waals surface area contributed by atoms with Crippen molar-refractivity contribution in [2.75, 3.05) is 4.90 Å². The Balaban J connectivity index is 1.91. The van der Waals surface area contributed by atoms with E-state index in [1.807, 2.05) is 18.2 Å². The number of rotatable bonds is 2. The van der Waals surface area contributed by atoms with Gasteiger partial charge in [0.1, 0.15) is 0 Å². The van der Waals surface area contributed by atoms with Crippen molar-refractivity contribution in [3.63, 3.8) is 0 Å². The molecule has 4 heteroatoms. The van der Waals surface area contributed by atoms with Crippen molar-refractivity contribution in [1.82, 2.24) is 0 Å². The SMILES string of the molecule is C[C@H](O)c1ccc(N2C3CCC2CC(O)C3)c(Cl)c1. The molecule has 1 aromatic carbocycles. The second-order valence-electron chi connectivity index (χ2n) is 5.80. The van der Waals surface area contributed by atoms with Crippen LogP contribution in [0.4, 0.5) is 5.69 Å². The van der Waals surface area contributed by atoms with Crippen LogP contribution in [0.1, 0.15) is 44.3 Å². The molecule has 0 aliphatic carbocycles. The number of halogens is 1. The van der Waals surface area contributed by atoms with E-state index < -0.39 is 6.10 Å². The standard InChI is InChI=1S/C15H20ClNO2/c1-9(18)10-2-5-15(14(16)6-10)17-11-3-4-12(17)8-13(19)7-11/h2,5-6,9,11-13,18-19H,3-4,7-8H2,1H3/t9-,11?,12?,13?/m0/s1. The van der Waals surface area contributed by atoms with Crippen molar-refractivity contribution in [2.24, 2.45) is 0 Å². The second kappa shape index (κ2) is 4.97. The first-order valence-corrected chi connectivity index (χ1v) is 7.38. The first kappa shape index (κ1) is 13.2. The summed E-state index contributed by atoms with van der Waals surface area (Å²) in [5.74, 6) is 0. The zero-order valence-electron chi connectivity index (χ0n) is 11.1. The van der Waals surface area contributed by atoms with E-state index in [2.05, 4.69) is 4.90 Å². The molecule has 3 rings (SSSR count). The summed E-state index contributed by atoms with van der Waals surface area (Å²) in [6.07, 6.45) is 3.29. The Bertz CT molecular complexity index is 463. The Morgan fingerprint density at radius 1 is 1.26 bits per heavy atom. The lowest BCUT2D eigenvalue weighted by molar-refractivity contribution is 0.126. The monoisotopic (exact) mass is 281 g/mol. The molecular weight excluding hydrogens is 262 g/mol. The molecule has 104 valence electrons. The maximum absolute atomic E-state index is 9.85. The van der Waals surface area contributed by atoms with Gasteiger partial charge in [0, 0.05) is 12.1 Å². The summed E-state index contributed by atoms with van der Waals surface area (Å²) in [4.78, 5) is 2.38. The Morgan fingerprint density at radius 2 is 1.89 bits per heavy atom. The highest BCUT2D eigenvalue weighted by Gasteiger charge is 2.40. The first-order valence-electron chi connectivity index (χ1n) is 7.00. The zero-order valence-corrected chi connectivity index (χ0v) is 11.8. The molecule has 3 nitrogen and oxygen atoms in total. The van der Waals surface area contributed by atoms with Crippen molar-refractivity contribution >= 4 is 17.3 Å². The number of hydrogen-bond donors (Lipinski definition) is 2. The number of aliphatic hydroxyl groups excluding tert-OH is 2. The van der Waals surface area contributed by atoms with Crippen LogP contribution in [0.15, 0.2) is 18.2 Å². The largest absolute Gasteiger partial charge is 0.393 e. The molecule has 2 unspecified atom stereocenters. The van der Waals surface area contributed by atoms with E-state index in [1.54, 1.807) is 6.92 Å². The van der Waals surface area contributed by atoms with E-state index in [0.29, 0.717) is 17.1 Å². The fourth-order valence-corrected chi connectivity index (χ4v) is 3.82. The van der Waals surface area contributed by atoms with E-state index in [0.717, 1.165) is 36.9 Å². The normalized spacial score (nSPS) is 31.6. The van der Waals surface area contributed by atoms with Gasteiger partial charge in [-0.15, -0.1) is 0 Å². The molecule has 2 saturated heterocycles. The van der Waals surface area contributed by atoms with Gasteiger partial charge in [-0.05, 0) is 50.3 Å². The molecule has 0 radical (unpaired) electrons. The second-order valence-corrected chi connectivity index (χ2v) is 6.21. The summed E-state index contributed by atoms with van der Waals surface area (Å²) in [6, 6.07) is 6.61. The van der Waals surface area contributed by atoms with Crippen LogP contribution in [0.25, 0.3) is 0 Å². The van der Waals surface area contributed by atoms with Gasteiger partial charge in [-0.3, -0.25) is 0 Å². The van der Waals surface area contributed by atoms with Gasteiger partial charge in [0.25, 0.3) is 0 Å². The Labute approximate surface area is 118 Å². The van der Waals surface area contributed by atoms with Crippen LogP contribution in [0.2, 0.25) is 5.02 Å². The van der Waals surface area contributed by atoms with E-state index in [4.69, 9.17) is 11.6 Å². The summed E-state index contributed by atoms with van der Waals surface area (Å²) in [5, 5.41) is 20.1. The number of fused-ring (bicyclic) bond motifs is 2. The lowest BCUT2D eigenvalue weighted by Crippen LogP contribution is -2.44. The van der Waals surface area contributed by atoms with Gasteiger partial charge in [0.05, 0.1) is 22.9 Å². The Kier molecular flexibility index (Phi) is 3.46. The predicted molar refractivity (Wildman–Crippen MR) is 76.6 cm³/mol. The van der Waals surface area contributed by atoms with Crippen molar-refractivity contribution in [2.45, 2.75) is 56.9 Å². The maximum Gasteiger partial charge on any atom is 0.0762 e. The number of anilines is 1. The van der Waals surface area contributed by atoms with E-state index in [-0.39, 0.29) is 6.10 Å². The number of nitrogens with zero attached hydrogens (tertiary/aromatic N) is 1. The highest BCUT2D eigenvalue weighted by molar-refractivity contribution is 6.33. The molecule has 2 aliphatic heterocycles. The predicted octanol–water partition coefficient (Wildman–Crippen LogP) is 2.89. The van der Waals surface area contributed by atoms with E-state index in [1.165, 1.54) is 0 Å². The maximum atomic E-state index is 9.85. The van der Waals surface area contributed by atoms with Crippen LogP contribution < -0.4 is 4.90 Å². The highest BCUT2D eigenvalue weighted by atomic mass is 35.5. The third-order valence-electron chi connectivity index (χ3n) is 4.44. The number of aliphatic hydroxyl groups is 2. The summed E-state index contributed by atoms with van der Waals surface area (Å²) >= 11 is 6.39. The third kappa shape index (κ3) is 2.35. The van der Waals surface area contributed by atoms with Crippen molar-refractivity contribution in [1.29, 1.82) is 0 Å². The van der Waals surface area contributed by atoms with Crippen molar-refractivity contribution in [3.05, 3.63) is 28.8 Å². The summed E-state index contributed by atoms with van der Waals surface area (Å²) in [7, 11) is 0. The van der Waals surface area contributed by atoms with Crippen LogP contribution in [-0.4, -0.2) is 28.4 Å². The van der Waals surface area contributed by atoms with E-state index in [9.17, 15) is 10.2 Å². The molecular formula is C15H20ClNO2. The van der Waals surface area contributed by atoms with E-state index >= 15 is 0 Å². The van der Waals surface area contributed by atoms with Crippen LogP contribution >= 0.6 is 11.6 Å². The highest BCUT2D eigenvalue weighted by Crippen LogP contribution is 2.42. The van der Waals surface area contributed by atoms with Gasteiger partial charge in [0.2, 0.25) is 0 Å². The topological polar surface area (TPSA) is 43.7 Å². The number of benzene rings is 1. The molecule has 0 spiro atoms. The van der Waals surface area contributed by atoms with Crippen molar-refractivity contribution in [3.8, 4) is 0 Å². The molecule has 2 N–H and O–H groups in total. The quantitative estimate of drug-likeness (QED) is 0.876. The van der Waals surface area contributed by atoms with Gasteiger partial charge in [0.15, 0.2) is 0 Å². The third-order valence-corrected chi connectivity index (χ3v) is 4.74. The van der Waals surface area contributed by atoms with Crippen LogP contribution in [0.5, 0.6) is 0 Å². The van der Waals surface area contributed by atoms with Gasteiger partial charge < -0.3 is 15.1 Å². The number of hydrogen-bond acceptors (Lipinski definition) is 3. The summed E-state index contributed by atoms with van der Waals surface area (Å²) in [5.41, 5.74) is 1.89. The minimum atomic E-state index is -0.494. The van der Waals surface area contributed by atoms with Crippen LogP contribution in [0.3, 0.4) is 0 Å². The smallest absolute Gasteiger partial charge is 0.0762 e. The Morgan fingerprint density at radius 3 is 2.42 bits per heavy atom. The molecule has 2 fully saturated rings. The Hall–Kier alpha value is -0.770. The lowest BCUT2D eigenvalue weighted by atomic mass is 9.98. The first-order chi connectivity index (χ1) is 9.06. The fraction of sp³-hybridized carbons (Fsp3) is 0.600. The van der Waals surface area contributed by atoms with Gasteiger partial charge in [-0.1, -0.05) is 17.7 Å². The fourth-order valence-electron chi connectivity index (χ4n) is 3.53. The number of piperidine rings is 1.